The molecule has 0 heterocycles. The molecule has 0 unspecified atom stereocenters. The minimum atomic E-state index is -0.279. The van der Waals surface area contributed by atoms with E-state index in [1.807, 2.05) is 31.2 Å². The molecule has 5 heteroatoms. The molecule has 126 valence electrons. The van der Waals surface area contributed by atoms with Crippen molar-refractivity contribution in [2.45, 2.75) is 26.7 Å². The zero-order chi connectivity index (χ0) is 17.1. The molecule has 0 aliphatic rings. The van der Waals surface area contributed by atoms with Crippen molar-refractivity contribution in [2.75, 3.05) is 26.8 Å². The highest BCUT2D eigenvalue weighted by atomic mass is 16.5. The van der Waals surface area contributed by atoms with Crippen LogP contribution in [-0.4, -0.2) is 43.6 Å². The molecule has 0 aromatic heterocycles. The van der Waals surface area contributed by atoms with Gasteiger partial charge in [0.15, 0.2) is 0 Å². The van der Waals surface area contributed by atoms with Gasteiger partial charge in [-0.3, -0.25) is 9.59 Å². The molecule has 5 nitrogen and oxygen atoms in total. The topological polar surface area (TPSA) is 55.8 Å². The maximum atomic E-state index is 12.3. The summed E-state index contributed by atoms with van der Waals surface area (Å²) in [7, 11) is 1.60. The Hall–Kier alpha value is -2.30. The third-order valence-corrected chi connectivity index (χ3v) is 3.21. The highest BCUT2D eigenvalue weighted by Crippen LogP contribution is 2.13. The van der Waals surface area contributed by atoms with Crippen molar-refractivity contribution in [1.29, 1.82) is 0 Å². The summed E-state index contributed by atoms with van der Waals surface area (Å²) in [6, 6.07) is 7.47. The van der Waals surface area contributed by atoms with E-state index in [0.29, 0.717) is 19.7 Å². The van der Waals surface area contributed by atoms with Crippen LogP contribution in [0, 0.1) is 0 Å². The van der Waals surface area contributed by atoms with Gasteiger partial charge in [0.05, 0.1) is 20.1 Å². The number of rotatable bonds is 9. The zero-order valence-corrected chi connectivity index (χ0v) is 14.1. The van der Waals surface area contributed by atoms with Crippen LogP contribution in [0.25, 0.3) is 6.08 Å². The van der Waals surface area contributed by atoms with Gasteiger partial charge in [-0.25, -0.2) is 0 Å². The monoisotopic (exact) mass is 319 g/mol. The van der Waals surface area contributed by atoms with Gasteiger partial charge in [-0.1, -0.05) is 19.1 Å². The van der Waals surface area contributed by atoms with Gasteiger partial charge in [0.1, 0.15) is 5.75 Å². The lowest BCUT2D eigenvalue weighted by atomic mass is 10.2. The Morgan fingerprint density at radius 2 is 2.00 bits per heavy atom. The van der Waals surface area contributed by atoms with Crippen molar-refractivity contribution in [1.82, 2.24) is 4.90 Å². The molecule has 1 rings (SSSR count). The van der Waals surface area contributed by atoms with Gasteiger partial charge in [0.2, 0.25) is 5.91 Å². The first-order chi connectivity index (χ1) is 11.1. The van der Waals surface area contributed by atoms with E-state index in [9.17, 15) is 9.59 Å². The second kappa shape index (κ2) is 10.4. The molecule has 0 aliphatic heterocycles. The summed E-state index contributed by atoms with van der Waals surface area (Å²) < 4.78 is 10.1. The maximum Gasteiger partial charge on any atom is 0.307 e. The molecular formula is C18H25NO4. The Balaban J connectivity index is 2.65. The lowest BCUT2D eigenvalue weighted by Gasteiger charge is -2.20. The van der Waals surface area contributed by atoms with E-state index in [0.717, 1.165) is 17.7 Å². The van der Waals surface area contributed by atoms with Gasteiger partial charge in [-0.05, 0) is 37.1 Å². The minimum Gasteiger partial charge on any atom is -0.497 e. The summed E-state index contributed by atoms with van der Waals surface area (Å²) in [6.07, 6.45) is 4.32. The normalized spacial score (nSPS) is 10.6. The van der Waals surface area contributed by atoms with Crippen LogP contribution in [0.15, 0.2) is 30.3 Å². The Labute approximate surface area is 137 Å². The maximum absolute atomic E-state index is 12.3. The quantitative estimate of drug-likeness (QED) is 0.519. The lowest BCUT2D eigenvalue weighted by Crippen LogP contribution is -2.32. The van der Waals surface area contributed by atoms with Crippen LogP contribution < -0.4 is 4.74 Å². The lowest BCUT2D eigenvalue weighted by molar-refractivity contribution is -0.143. The van der Waals surface area contributed by atoms with Crippen LogP contribution in [0.2, 0.25) is 0 Å². The van der Waals surface area contributed by atoms with E-state index in [2.05, 4.69) is 0 Å². The predicted molar refractivity (Wildman–Crippen MR) is 90.1 cm³/mol. The summed E-state index contributed by atoms with van der Waals surface area (Å²) in [5, 5.41) is 0. The van der Waals surface area contributed by atoms with Gasteiger partial charge in [-0.15, -0.1) is 0 Å². The molecule has 1 aromatic rings. The first-order valence-electron chi connectivity index (χ1n) is 7.87. The van der Waals surface area contributed by atoms with E-state index < -0.39 is 0 Å². The Morgan fingerprint density at radius 3 is 2.65 bits per heavy atom. The number of nitrogens with zero attached hydrogens (tertiary/aromatic N) is 1. The number of ether oxygens (including phenoxy) is 2. The number of carbonyl (C=O) groups is 2. The molecule has 1 amide bonds. The Bertz CT molecular complexity index is 540. The summed E-state index contributed by atoms with van der Waals surface area (Å²) in [6.45, 7) is 5.10. The third-order valence-electron chi connectivity index (χ3n) is 3.21. The second-order valence-electron chi connectivity index (χ2n) is 4.99. The molecule has 0 spiro atoms. The van der Waals surface area contributed by atoms with E-state index in [1.54, 1.807) is 25.0 Å². The molecule has 0 saturated carbocycles. The summed E-state index contributed by atoms with van der Waals surface area (Å²) in [4.78, 5) is 25.4. The number of methoxy groups -OCH3 is 1. The second-order valence-corrected chi connectivity index (χ2v) is 4.99. The van der Waals surface area contributed by atoms with E-state index in [1.165, 1.54) is 6.08 Å². The van der Waals surface area contributed by atoms with Crippen LogP contribution >= 0.6 is 0 Å². The molecule has 0 N–H and O–H groups in total. The van der Waals surface area contributed by atoms with Gasteiger partial charge >= 0.3 is 5.97 Å². The summed E-state index contributed by atoms with van der Waals surface area (Å²) in [5.41, 5.74) is 0.888. The van der Waals surface area contributed by atoms with Gasteiger partial charge in [-0.2, -0.15) is 0 Å². The van der Waals surface area contributed by atoms with Crippen LogP contribution in [0.3, 0.4) is 0 Å². The van der Waals surface area contributed by atoms with Crippen molar-refractivity contribution in [2.24, 2.45) is 0 Å². The molecule has 0 atom stereocenters. The first kappa shape index (κ1) is 18.7. The van der Waals surface area contributed by atoms with Crippen molar-refractivity contribution in [3.05, 3.63) is 35.9 Å². The number of esters is 1. The standard InChI is InChI=1S/C18H25NO4/c1-4-12-19(13-11-18(21)23-5-2)17(20)10-9-15-7-6-8-16(14-15)22-3/h6-10,14H,4-5,11-13H2,1-3H3/b10-9+. The van der Waals surface area contributed by atoms with Crippen molar-refractivity contribution >= 4 is 18.0 Å². The van der Waals surface area contributed by atoms with Crippen molar-refractivity contribution in [3.8, 4) is 5.75 Å². The number of carbonyl (C=O) groups excluding carboxylic acids is 2. The fourth-order valence-corrected chi connectivity index (χ4v) is 2.08. The molecule has 0 saturated heterocycles. The average molecular weight is 319 g/mol. The molecule has 0 aliphatic carbocycles. The third kappa shape index (κ3) is 7.00. The van der Waals surface area contributed by atoms with Crippen LogP contribution in [0.1, 0.15) is 32.3 Å². The van der Waals surface area contributed by atoms with E-state index >= 15 is 0 Å². The Morgan fingerprint density at radius 1 is 1.22 bits per heavy atom. The molecule has 1 aromatic carbocycles. The largest absolute Gasteiger partial charge is 0.497 e. The average Bonchev–Trinajstić information content (AvgIpc) is 2.57. The minimum absolute atomic E-state index is 0.112. The highest BCUT2D eigenvalue weighted by Gasteiger charge is 2.12. The number of hydrogen-bond donors (Lipinski definition) is 0. The van der Waals surface area contributed by atoms with Crippen molar-refractivity contribution in [3.63, 3.8) is 0 Å². The Kier molecular flexibility index (Phi) is 8.50. The van der Waals surface area contributed by atoms with Gasteiger partial charge in [0, 0.05) is 19.2 Å². The molecule has 0 fully saturated rings. The molecule has 23 heavy (non-hydrogen) atoms. The fourth-order valence-electron chi connectivity index (χ4n) is 2.08. The molecular weight excluding hydrogens is 294 g/mol. The predicted octanol–water partition coefficient (Wildman–Crippen LogP) is 2.90. The highest BCUT2D eigenvalue weighted by molar-refractivity contribution is 5.92. The zero-order valence-electron chi connectivity index (χ0n) is 14.1. The van der Waals surface area contributed by atoms with E-state index in [-0.39, 0.29) is 18.3 Å². The van der Waals surface area contributed by atoms with Crippen LogP contribution in [-0.2, 0) is 14.3 Å². The first-order valence-corrected chi connectivity index (χ1v) is 7.87. The van der Waals surface area contributed by atoms with Crippen molar-refractivity contribution < 1.29 is 19.1 Å². The number of amides is 1. The SMILES string of the molecule is CCCN(CCC(=O)OCC)C(=O)/C=C/c1cccc(OC)c1. The fraction of sp³-hybridized carbons (Fsp3) is 0.444. The molecule has 0 bridgehead atoms. The van der Waals surface area contributed by atoms with E-state index in [4.69, 9.17) is 9.47 Å². The smallest absolute Gasteiger partial charge is 0.307 e. The molecule has 0 radical (unpaired) electrons. The van der Waals surface area contributed by atoms with Crippen LogP contribution in [0.4, 0.5) is 0 Å². The van der Waals surface area contributed by atoms with Gasteiger partial charge in [0.25, 0.3) is 0 Å². The van der Waals surface area contributed by atoms with Crippen LogP contribution in [0.5, 0.6) is 5.75 Å². The number of benzene rings is 1. The summed E-state index contributed by atoms with van der Waals surface area (Å²) >= 11 is 0. The van der Waals surface area contributed by atoms with Gasteiger partial charge < -0.3 is 14.4 Å². The number of hydrogen-bond acceptors (Lipinski definition) is 4. The summed E-state index contributed by atoms with van der Waals surface area (Å²) in [5.74, 6) is 0.351.